The number of nitrogens with one attached hydrogen (secondary N) is 1. The highest BCUT2D eigenvalue weighted by molar-refractivity contribution is 6.04. The number of benzene rings is 2. The summed E-state index contributed by atoms with van der Waals surface area (Å²) in [5, 5.41) is 2.55. The van der Waals surface area contributed by atoms with Crippen molar-refractivity contribution in [2.24, 2.45) is 0 Å². The van der Waals surface area contributed by atoms with E-state index in [4.69, 9.17) is 9.47 Å². The van der Waals surface area contributed by atoms with E-state index in [1.165, 1.54) is 55.8 Å². The number of anilines is 1. The Morgan fingerprint density at radius 1 is 1.00 bits per heavy atom. The first kappa shape index (κ1) is 17.3. The van der Waals surface area contributed by atoms with Crippen molar-refractivity contribution in [1.29, 1.82) is 0 Å². The highest BCUT2D eigenvalue weighted by Gasteiger charge is 2.13. The predicted molar refractivity (Wildman–Crippen MR) is 91.6 cm³/mol. The number of hydrogen-bond donors (Lipinski definition) is 1. The molecule has 0 fully saturated rings. The lowest BCUT2D eigenvalue weighted by Crippen LogP contribution is -2.14. The van der Waals surface area contributed by atoms with Gasteiger partial charge in [-0.05, 0) is 42.5 Å². The summed E-state index contributed by atoms with van der Waals surface area (Å²) in [5.74, 6) is -0.649. The minimum atomic E-state index is -0.689. The van der Waals surface area contributed by atoms with Gasteiger partial charge in [-0.1, -0.05) is 0 Å². The van der Waals surface area contributed by atoms with Gasteiger partial charge in [-0.15, -0.1) is 0 Å². The maximum absolute atomic E-state index is 13.9. The molecule has 0 unspecified atom stereocenters. The molecule has 0 radical (unpaired) electrons. The summed E-state index contributed by atoms with van der Waals surface area (Å²) in [6, 6.07) is 12.5. The molecular weight excluding hydrogens is 342 g/mol. The Kier molecular flexibility index (Phi) is 5.07. The topological polar surface area (TPSA) is 60.5 Å². The first-order chi connectivity index (χ1) is 12.5. The van der Waals surface area contributed by atoms with Gasteiger partial charge in [0.25, 0.3) is 5.91 Å². The zero-order chi connectivity index (χ0) is 18.5. The minimum absolute atomic E-state index is 0.113. The molecule has 0 spiro atoms. The Bertz CT molecular complexity index is 913. The lowest BCUT2D eigenvalue weighted by atomic mass is 10.2. The van der Waals surface area contributed by atoms with Crippen molar-refractivity contribution in [3.63, 3.8) is 0 Å². The first-order valence-electron chi connectivity index (χ1n) is 7.59. The molecule has 3 aromatic rings. The van der Waals surface area contributed by atoms with E-state index in [0.717, 1.165) is 6.07 Å². The minimum Gasteiger partial charge on any atom is -0.497 e. The van der Waals surface area contributed by atoms with Gasteiger partial charge in [-0.25, -0.2) is 13.8 Å². The Labute approximate surface area is 148 Å². The highest BCUT2D eigenvalue weighted by atomic mass is 19.1. The van der Waals surface area contributed by atoms with Crippen LogP contribution in [0.3, 0.4) is 0 Å². The largest absolute Gasteiger partial charge is 0.497 e. The quantitative estimate of drug-likeness (QED) is 0.735. The van der Waals surface area contributed by atoms with Gasteiger partial charge in [-0.3, -0.25) is 4.79 Å². The molecule has 2 aromatic carbocycles. The Hall–Kier alpha value is -3.48. The monoisotopic (exact) mass is 356 g/mol. The number of halogens is 2. The summed E-state index contributed by atoms with van der Waals surface area (Å²) in [6.07, 6.45) is 1.37. The van der Waals surface area contributed by atoms with E-state index < -0.39 is 11.7 Å². The van der Waals surface area contributed by atoms with Crippen molar-refractivity contribution in [2.45, 2.75) is 0 Å². The molecule has 0 aliphatic carbocycles. The van der Waals surface area contributed by atoms with Crippen molar-refractivity contribution in [3.05, 3.63) is 78.0 Å². The van der Waals surface area contributed by atoms with Crippen LogP contribution in [-0.4, -0.2) is 18.0 Å². The maximum atomic E-state index is 13.9. The molecule has 0 atom stereocenters. The van der Waals surface area contributed by atoms with Crippen LogP contribution in [0.4, 0.5) is 14.5 Å². The molecule has 5 nitrogen and oxygen atoms in total. The number of nitrogens with zero attached hydrogens (tertiary/aromatic N) is 1. The number of carbonyl (C=O) groups is 1. The number of hydrogen-bond acceptors (Lipinski definition) is 4. The highest BCUT2D eigenvalue weighted by Crippen LogP contribution is 2.21. The summed E-state index contributed by atoms with van der Waals surface area (Å²) in [5.41, 5.74) is 0.258. The fourth-order valence-corrected chi connectivity index (χ4v) is 2.14. The first-order valence-corrected chi connectivity index (χ1v) is 7.59. The van der Waals surface area contributed by atoms with Gasteiger partial charge in [0.2, 0.25) is 5.88 Å². The standard InChI is InChI=1S/C19H14F2N2O3/c1-25-15-7-8-16(17(21)10-15)19(24)23-13-4-9-18(22-11-13)26-14-5-2-12(20)3-6-14/h2-11H,1H3,(H,23,24). The third-order valence-corrected chi connectivity index (χ3v) is 3.45. The van der Waals surface area contributed by atoms with Crippen LogP contribution in [0.25, 0.3) is 0 Å². The summed E-state index contributed by atoms with van der Waals surface area (Å²) >= 11 is 0. The molecule has 132 valence electrons. The molecule has 1 heterocycles. The van der Waals surface area contributed by atoms with Gasteiger partial charge in [0.05, 0.1) is 24.6 Å². The van der Waals surface area contributed by atoms with Crippen LogP contribution in [0.15, 0.2) is 60.8 Å². The molecule has 1 aromatic heterocycles. The van der Waals surface area contributed by atoms with Crippen molar-refractivity contribution in [3.8, 4) is 17.4 Å². The van der Waals surface area contributed by atoms with Crippen LogP contribution in [0.2, 0.25) is 0 Å². The van der Waals surface area contributed by atoms with Crippen LogP contribution in [-0.2, 0) is 0 Å². The Morgan fingerprint density at radius 3 is 2.35 bits per heavy atom. The van der Waals surface area contributed by atoms with E-state index in [0.29, 0.717) is 17.2 Å². The number of carbonyl (C=O) groups excluding carboxylic acids is 1. The smallest absolute Gasteiger partial charge is 0.258 e. The average Bonchev–Trinajstić information content (AvgIpc) is 2.65. The van der Waals surface area contributed by atoms with Crippen LogP contribution in [0.5, 0.6) is 17.4 Å². The molecule has 1 amide bonds. The zero-order valence-corrected chi connectivity index (χ0v) is 13.7. The molecule has 0 bridgehead atoms. The van der Waals surface area contributed by atoms with Gasteiger partial charge in [0, 0.05) is 12.1 Å². The van der Waals surface area contributed by atoms with Gasteiger partial charge in [0.15, 0.2) is 0 Å². The van der Waals surface area contributed by atoms with Crippen LogP contribution in [0.1, 0.15) is 10.4 Å². The van der Waals surface area contributed by atoms with Crippen LogP contribution >= 0.6 is 0 Å². The fourth-order valence-electron chi connectivity index (χ4n) is 2.14. The van der Waals surface area contributed by atoms with Crippen LogP contribution < -0.4 is 14.8 Å². The fraction of sp³-hybridized carbons (Fsp3) is 0.0526. The summed E-state index contributed by atoms with van der Waals surface area (Å²) in [4.78, 5) is 16.2. The number of amides is 1. The number of methoxy groups -OCH3 is 1. The van der Waals surface area contributed by atoms with Crippen molar-refractivity contribution >= 4 is 11.6 Å². The summed E-state index contributed by atoms with van der Waals surface area (Å²) in [7, 11) is 1.41. The molecule has 0 aliphatic rings. The van der Waals surface area contributed by atoms with E-state index in [1.54, 1.807) is 6.07 Å². The van der Waals surface area contributed by atoms with Crippen molar-refractivity contribution < 1.29 is 23.0 Å². The molecule has 0 aliphatic heterocycles. The maximum Gasteiger partial charge on any atom is 0.258 e. The molecule has 0 saturated carbocycles. The van der Waals surface area contributed by atoms with E-state index in [1.807, 2.05) is 0 Å². The summed E-state index contributed by atoms with van der Waals surface area (Å²) in [6.45, 7) is 0. The molecule has 3 rings (SSSR count). The normalized spacial score (nSPS) is 10.3. The van der Waals surface area contributed by atoms with Crippen LogP contribution in [0, 0.1) is 11.6 Å². The second kappa shape index (κ2) is 7.60. The third-order valence-electron chi connectivity index (χ3n) is 3.45. The molecule has 26 heavy (non-hydrogen) atoms. The van der Waals surface area contributed by atoms with Crippen molar-refractivity contribution in [2.75, 3.05) is 12.4 Å². The number of rotatable bonds is 5. The van der Waals surface area contributed by atoms with Crippen molar-refractivity contribution in [1.82, 2.24) is 4.98 Å². The zero-order valence-electron chi connectivity index (χ0n) is 13.7. The van der Waals surface area contributed by atoms with Gasteiger partial charge >= 0.3 is 0 Å². The van der Waals surface area contributed by atoms with Gasteiger partial charge in [0.1, 0.15) is 23.1 Å². The Balaban J connectivity index is 1.67. The second-order valence-corrected chi connectivity index (χ2v) is 5.24. The van der Waals surface area contributed by atoms with E-state index in [9.17, 15) is 13.6 Å². The second-order valence-electron chi connectivity index (χ2n) is 5.24. The lowest BCUT2D eigenvalue weighted by molar-refractivity contribution is 0.102. The molecule has 7 heteroatoms. The molecule has 1 N–H and O–H groups in total. The number of aromatic nitrogens is 1. The van der Waals surface area contributed by atoms with E-state index in [-0.39, 0.29) is 17.3 Å². The van der Waals surface area contributed by atoms with Gasteiger partial charge in [-0.2, -0.15) is 0 Å². The van der Waals surface area contributed by atoms with E-state index in [2.05, 4.69) is 10.3 Å². The SMILES string of the molecule is COc1ccc(C(=O)Nc2ccc(Oc3ccc(F)cc3)nc2)c(F)c1. The third kappa shape index (κ3) is 4.13. The van der Waals surface area contributed by atoms with Gasteiger partial charge < -0.3 is 14.8 Å². The number of ether oxygens (including phenoxy) is 2. The predicted octanol–water partition coefficient (Wildman–Crippen LogP) is 4.41. The van der Waals surface area contributed by atoms with E-state index >= 15 is 0 Å². The molecule has 0 saturated heterocycles. The Morgan fingerprint density at radius 2 is 1.73 bits per heavy atom. The average molecular weight is 356 g/mol. The lowest BCUT2D eigenvalue weighted by Gasteiger charge is -2.08. The molecular formula is C19H14F2N2O3. The number of pyridine rings is 1. The summed E-state index contributed by atoms with van der Waals surface area (Å²) < 4.78 is 37.1.